The monoisotopic (exact) mass is 379 g/mol. The van der Waals surface area contributed by atoms with E-state index in [1.165, 1.54) is 11.3 Å². The topological polar surface area (TPSA) is 158 Å². The van der Waals surface area contributed by atoms with Crippen molar-refractivity contribution in [2.24, 2.45) is 21.5 Å². The number of nitro groups is 1. The fraction of sp³-hybridized carbons (Fsp3) is 0.400. The molecule has 0 aromatic carbocycles. The lowest BCUT2D eigenvalue weighted by atomic mass is 10.3. The Morgan fingerprint density at radius 1 is 1.46 bits per heavy atom. The molecule has 2 aromatic heterocycles. The molecule has 0 aliphatic rings. The molecule has 0 unspecified atom stereocenters. The van der Waals surface area contributed by atoms with Gasteiger partial charge < -0.3 is 21.2 Å². The summed E-state index contributed by atoms with van der Waals surface area (Å²) in [5, 5.41) is 16.0. The molecule has 10 nitrogen and oxygen atoms in total. The van der Waals surface area contributed by atoms with Crippen LogP contribution in [-0.2, 0) is 6.54 Å². The van der Waals surface area contributed by atoms with E-state index in [0.29, 0.717) is 34.7 Å². The molecular formula is C15H21N7O3S. The number of aliphatic imine (C=N–C) groups is 2. The number of hydrogen-bond donors (Lipinski definition) is 3. The Kier molecular flexibility index (Phi) is 7.09. The normalized spacial score (nSPS) is 11.3. The summed E-state index contributed by atoms with van der Waals surface area (Å²) in [7, 11) is 0. The fourth-order valence-corrected chi connectivity index (χ4v) is 2.70. The first-order chi connectivity index (χ1) is 12.5. The quantitative estimate of drug-likeness (QED) is 0.197. The third-order valence-electron chi connectivity index (χ3n) is 3.19. The molecule has 0 saturated carbocycles. The van der Waals surface area contributed by atoms with Crippen molar-refractivity contribution in [1.29, 1.82) is 0 Å². The lowest BCUT2D eigenvalue weighted by Crippen LogP contribution is -2.31. The molecule has 0 bridgehead atoms. The Morgan fingerprint density at radius 2 is 2.27 bits per heavy atom. The molecule has 0 aliphatic heterocycles. The van der Waals surface area contributed by atoms with E-state index in [2.05, 4.69) is 20.3 Å². The Hall–Kier alpha value is -2.95. The zero-order chi connectivity index (χ0) is 18.9. The van der Waals surface area contributed by atoms with Crippen LogP contribution in [0.1, 0.15) is 25.5 Å². The van der Waals surface area contributed by atoms with Gasteiger partial charge in [-0.15, -0.1) is 11.3 Å². The van der Waals surface area contributed by atoms with Crippen molar-refractivity contribution < 1.29 is 9.34 Å². The van der Waals surface area contributed by atoms with E-state index >= 15 is 0 Å². The van der Waals surface area contributed by atoms with Gasteiger partial charge in [0, 0.05) is 16.8 Å². The number of nitrogens with zero attached hydrogens (tertiary/aromatic N) is 4. The van der Waals surface area contributed by atoms with Crippen molar-refractivity contribution in [1.82, 2.24) is 10.3 Å². The van der Waals surface area contributed by atoms with Crippen LogP contribution in [-0.4, -0.2) is 34.8 Å². The summed E-state index contributed by atoms with van der Waals surface area (Å²) in [5.74, 6) is 1.41. The highest BCUT2D eigenvalue weighted by Crippen LogP contribution is 2.28. The molecule has 0 atom stereocenters. The number of hydrogen-bond acceptors (Lipinski definition) is 7. The highest BCUT2D eigenvalue weighted by Gasteiger charge is 2.11. The van der Waals surface area contributed by atoms with Gasteiger partial charge in [-0.05, 0) is 18.6 Å². The summed E-state index contributed by atoms with van der Waals surface area (Å²) in [5.41, 5.74) is 11.3. The van der Waals surface area contributed by atoms with E-state index in [4.69, 9.17) is 15.9 Å². The molecule has 26 heavy (non-hydrogen) atoms. The first-order valence-electron chi connectivity index (χ1n) is 8.01. The average molecular weight is 379 g/mol. The van der Waals surface area contributed by atoms with Crippen molar-refractivity contribution in [3.8, 4) is 11.5 Å². The highest BCUT2D eigenvalue weighted by molar-refractivity contribution is 7.13. The van der Waals surface area contributed by atoms with E-state index in [1.807, 2.05) is 6.92 Å². The zero-order valence-corrected chi connectivity index (χ0v) is 15.2. The van der Waals surface area contributed by atoms with E-state index in [1.54, 1.807) is 17.5 Å². The van der Waals surface area contributed by atoms with Crippen LogP contribution in [0.15, 0.2) is 31.9 Å². The Labute approximate surface area is 154 Å². The minimum Gasteiger partial charge on any atom is -0.457 e. The smallest absolute Gasteiger partial charge is 0.259 e. The number of nitrogens with one attached hydrogen (secondary N) is 1. The second-order valence-corrected chi connectivity index (χ2v) is 6.19. The molecule has 2 heterocycles. The van der Waals surface area contributed by atoms with Gasteiger partial charge in [0.05, 0.1) is 6.54 Å². The van der Waals surface area contributed by atoms with E-state index in [-0.39, 0.29) is 19.0 Å². The molecule has 0 aliphatic carbocycles. The van der Waals surface area contributed by atoms with Gasteiger partial charge in [0.1, 0.15) is 11.5 Å². The third-order valence-corrected chi connectivity index (χ3v) is 3.93. The molecular weight excluding hydrogens is 358 g/mol. The molecule has 0 radical (unpaired) electrons. The second kappa shape index (κ2) is 9.51. The number of amidine groups is 1. The number of guanidine groups is 1. The summed E-state index contributed by atoms with van der Waals surface area (Å²) in [4.78, 5) is 22.7. The largest absolute Gasteiger partial charge is 0.457 e. The minimum absolute atomic E-state index is 0.0609. The van der Waals surface area contributed by atoms with Gasteiger partial charge >= 0.3 is 0 Å². The molecule has 0 saturated heterocycles. The van der Waals surface area contributed by atoms with Gasteiger partial charge in [0.15, 0.2) is 17.6 Å². The maximum atomic E-state index is 10.7. The van der Waals surface area contributed by atoms with Crippen molar-refractivity contribution in [3.05, 3.63) is 33.4 Å². The van der Waals surface area contributed by atoms with Gasteiger partial charge in [-0.1, -0.05) is 13.3 Å². The average Bonchev–Trinajstić information content (AvgIpc) is 3.20. The van der Waals surface area contributed by atoms with Crippen LogP contribution in [0.2, 0.25) is 0 Å². The van der Waals surface area contributed by atoms with Gasteiger partial charge in [-0.3, -0.25) is 15.1 Å². The molecule has 0 spiro atoms. The van der Waals surface area contributed by atoms with Crippen LogP contribution in [0, 0.1) is 10.1 Å². The van der Waals surface area contributed by atoms with Crippen molar-refractivity contribution in [2.45, 2.75) is 26.3 Å². The Morgan fingerprint density at radius 3 is 2.96 bits per heavy atom. The van der Waals surface area contributed by atoms with Crippen LogP contribution in [0.25, 0.3) is 11.5 Å². The van der Waals surface area contributed by atoms with Crippen LogP contribution in [0.3, 0.4) is 0 Å². The standard InChI is InChI=1S/C15H21N7O3S/c1-2-3-6-18-13(8-22(23)24)19-7-10-4-5-12(25-10)11-9-26-15(20-11)21-14(16)17/h4-5,9H,2-3,6-8H2,1H3,(H,18,19)(H4,16,17,20,21). The number of furan rings is 1. The predicted octanol–water partition coefficient (Wildman–Crippen LogP) is 1.87. The fourth-order valence-electron chi connectivity index (χ4n) is 2.01. The number of thiazole rings is 1. The summed E-state index contributed by atoms with van der Waals surface area (Å²) in [6.07, 6.45) is 1.92. The van der Waals surface area contributed by atoms with Gasteiger partial charge in [0.2, 0.25) is 5.13 Å². The summed E-state index contributed by atoms with van der Waals surface area (Å²) in [6, 6.07) is 3.52. The van der Waals surface area contributed by atoms with Gasteiger partial charge in [-0.25, -0.2) is 4.98 Å². The molecule has 0 fully saturated rings. The lowest BCUT2D eigenvalue weighted by Gasteiger charge is -2.05. The van der Waals surface area contributed by atoms with Gasteiger partial charge in [-0.2, -0.15) is 4.99 Å². The molecule has 2 rings (SSSR count). The number of nitrogens with two attached hydrogens (primary N) is 2. The molecule has 140 valence electrons. The number of unbranched alkanes of at least 4 members (excludes halogenated alkanes) is 1. The van der Waals surface area contributed by atoms with Crippen molar-refractivity contribution in [2.75, 3.05) is 13.1 Å². The first-order valence-corrected chi connectivity index (χ1v) is 8.89. The first kappa shape index (κ1) is 19.4. The molecule has 0 amide bonds. The minimum atomic E-state index is -0.411. The maximum absolute atomic E-state index is 10.7. The van der Waals surface area contributed by atoms with Crippen LogP contribution in [0.5, 0.6) is 0 Å². The van der Waals surface area contributed by atoms with Gasteiger partial charge in [0.25, 0.3) is 6.54 Å². The Balaban J connectivity index is 2.04. The Bertz CT molecular complexity index is 793. The third kappa shape index (κ3) is 6.16. The summed E-state index contributed by atoms with van der Waals surface area (Å²) < 4.78 is 5.70. The van der Waals surface area contributed by atoms with Crippen LogP contribution >= 0.6 is 11.3 Å². The van der Waals surface area contributed by atoms with E-state index in [0.717, 1.165) is 12.8 Å². The number of aromatic nitrogens is 1. The second-order valence-electron chi connectivity index (χ2n) is 5.35. The molecule has 11 heteroatoms. The summed E-state index contributed by atoms with van der Waals surface area (Å²) >= 11 is 1.29. The lowest BCUT2D eigenvalue weighted by molar-refractivity contribution is -0.463. The molecule has 2 aromatic rings. The summed E-state index contributed by atoms with van der Waals surface area (Å²) in [6.45, 7) is 2.56. The zero-order valence-electron chi connectivity index (χ0n) is 14.3. The van der Waals surface area contributed by atoms with Crippen molar-refractivity contribution in [3.63, 3.8) is 0 Å². The van der Waals surface area contributed by atoms with E-state index in [9.17, 15) is 10.1 Å². The SMILES string of the molecule is CCCCNC(C[N+](=O)[O-])=NCc1ccc(-c2csc(N=C(N)N)n2)o1. The van der Waals surface area contributed by atoms with E-state index < -0.39 is 4.92 Å². The number of rotatable bonds is 9. The predicted molar refractivity (Wildman–Crippen MR) is 101 cm³/mol. The maximum Gasteiger partial charge on any atom is 0.259 e. The highest BCUT2D eigenvalue weighted by atomic mass is 32.1. The van der Waals surface area contributed by atoms with Crippen molar-refractivity contribution >= 4 is 28.3 Å². The van der Waals surface area contributed by atoms with Crippen LogP contribution < -0.4 is 16.8 Å². The molecule has 5 N–H and O–H groups in total. The van der Waals surface area contributed by atoms with Crippen LogP contribution in [0.4, 0.5) is 5.13 Å².